The average molecular weight is 194 g/mol. The predicted molar refractivity (Wildman–Crippen MR) is 52.9 cm³/mol. The van der Waals surface area contributed by atoms with Crippen molar-refractivity contribution >= 4 is 23.6 Å². The Labute approximate surface area is 81.2 Å². The largest absolute Gasteiger partial charge is 0.353 e. The van der Waals surface area contributed by atoms with Gasteiger partial charge >= 0.3 is 0 Å². The van der Waals surface area contributed by atoms with E-state index in [0.29, 0.717) is 5.70 Å². The molecule has 2 rings (SSSR count). The Bertz CT molecular complexity index is 385. The molecule has 3 heteroatoms. The zero-order valence-corrected chi connectivity index (χ0v) is 7.64. The third kappa shape index (κ3) is 1.58. The number of anilines is 1. The van der Waals surface area contributed by atoms with E-state index < -0.39 is 0 Å². The Balaban J connectivity index is 2.38. The van der Waals surface area contributed by atoms with Crippen LogP contribution in [0.1, 0.15) is 5.56 Å². The highest BCUT2D eigenvalue weighted by Gasteiger charge is 2.08. The van der Waals surface area contributed by atoms with E-state index in [2.05, 4.69) is 5.32 Å². The first-order valence-electron chi connectivity index (χ1n) is 4.00. The normalized spacial score (nSPS) is 14.1. The van der Waals surface area contributed by atoms with Gasteiger partial charge in [0.25, 0.3) is 0 Å². The minimum absolute atomic E-state index is 0.620. The third-order valence-corrected chi connectivity index (χ3v) is 2.25. The van der Waals surface area contributed by atoms with Gasteiger partial charge in [-0.2, -0.15) is 0 Å². The van der Waals surface area contributed by atoms with Gasteiger partial charge in [-0.25, -0.2) is 0 Å². The molecule has 0 saturated heterocycles. The summed E-state index contributed by atoms with van der Waals surface area (Å²) >= 11 is 5.83. The lowest BCUT2D eigenvalue weighted by Gasteiger charge is -2.15. The average Bonchev–Trinajstić information content (AvgIpc) is 2.17. The molecule has 1 heterocycles. The molecule has 0 unspecified atom stereocenters. The fourth-order valence-corrected chi connectivity index (χ4v) is 1.55. The van der Waals surface area contributed by atoms with Gasteiger partial charge in [0.15, 0.2) is 6.29 Å². The van der Waals surface area contributed by atoms with E-state index in [9.17, 15) is 4.79 Å². The van der Waals surface area contributed by atoms with Gasteiger partial charge in [0.05, 0.1) is 5.70 Å². The zero-order valence-electron chi connectivity index (χ0n) is 6.88. The first-order chi connectivity index (χ1) is 6.29. The van der Waals surface area contributed by atoms with Crippen molar-refractivity contribution in [3.05, 3.63) is 40.6 Å². The van der Waals surface area contributed by atoms with Crippen molar-refractivity contribution in [3.8, 4) is 0 Å². The summed E-state index contributed by atoms with van der Waals surface area (Å²) in [5.41, 5.74) is 2.71. The van der Waals surface area contributed by atoms with E-state index in [4.69, 9.17) is 11.6 Å². The molecule has 0 atom stereocenters. The van der Waals surface area contributed by atoms with Crippen LogP contribution in [0.25, 0.3) is 0 Å². The van der Waals surface area contributed by atoms with Gasteiger partial charge in [-0.15, -0.1) is 0 Å². The van der Waals surface area contributed by atoms with Crippen LogP contribution >= 0.6 is 11.6 Å². The lowest BCUT2D eigenvalue weighted by molar-refractivity contribution is -0.104. The first-order valence-corrected chi connectivity index (χ1v) is 4.38. The van der Waals surface area contributed by atoms with Crippen molar-refractivity contribution in [2.75, 3.05) is 5.32 Å². The number of halogens is 1. The quantitative estimate of drug-likeness (QED) is 0.694. The van der Waals surface area contributed by atoms with Crippen LogP contribution < -0.4 is 5.32 Å². The fraction of sp³-hybridized carbons (Fsp3) is 0.100. The van der Waals surface area contributed by atoms with Gasteiger partial charge in [0.1, 0.15) is 0 Å². The number of carbonyl (C=O) groups excluding carboxylic acids is 1. The number of aldehydes is 1. The number of benzene rings is 1. The maximum absolute atomic E-state index is 10.5. The second-order valence-corrected chi connectivity index (χ2v) is 3.34. The number of hydrogen-bond acceptors (Lipinski definition) is 2. The minimum atomic E-state index is 0.620. The van der Waals surface area contributed by atoms with Crippen LogP contribution in [-0.4, -0.2) is 6.29 Å². The molecular formula is C10H8ClNO. The first kappa shape index (κ1) is 8.32. The molecule has 1 aliphatic heterocycles. The smallest absolute Gasteiger partial charge is 0.165 e. The molecule has 0 bridgehead atoms. The standard InChI is InChI=1S/C10H8ClNO/c11-8-2-4-10-7(5-8)1-3-9(6-13)12-10/h2-6,12H,1H2. The lowest BCUT2D eigenvalue weighted by Crippen LogP contribution is -2.08. The van der Waals surface area contributed by atoms with Crippen LogP contribution in [-0.2, 0) is 11.2 Å². The van der Waals surface area contributed by atoms with Crippen molar-refractivity contribution < 1.29 is 4.79 Å². The van der Waals surface area contributed by atoms with Crippen LogP contribution in [0.4, 0.5) is 5.69 Å². The second kappa shape index (κ2) is 3.23. The summed E-state index contributed by atoms with van der Waals surface area (Å²) in [4.78, 5) is 10.5. The predicted octanol–water partition coefficient (Wildman–Crippen LogP) is 2.39. The summed E-state index contributed by atoms with van der Waals surface area (Å²) in [6.45, 7) is 0. The summed E-state index contributed by atoms with van der Waals surface area (Å²) in [7, 11) is 0. The second-order valence-electron chi connectivity index (χ2n) is 2.91. The lowest BCUT2D eigenvalue weighted by atomic mass is 10.1. The summed E-state index contributed by atoms with van der Waals surface area (Å²) in [5.74, 6) is 0. The molecular weight excluding hydrogens is 186 g/mol. The molecule has 2 nitrogen and oxygen atoms in total. The minimum Gasteiger partial charge on any atom is -0.353 e. The molecule has 1 aromatic carbocycles. The third-order valence-electron chi connectivity index (χ3n) is 2.02. The highest BCUT2D eigenvalue weighted by atomic mass is 35.5. The number of rotatable bonds is 1. The summed E-state index contributed by atoms with van der Waals surface area (Å²) in [5, 5.41) is 3.73. The fourth-order valence-electron chi connectivity index (χ4n) is 1.36. The Hall–Kier alpha value is -1.28. The van der Waals surface area contributed by atoms with E-state index in [1.54, 1.807) is 6.07 Å². The van der Waals surface area contributed by atoms with Crippen molar-refractivity contribution in [1.82, 2.24) is 0 Å². The Kier molecular flexibility index (Phi) is 2.07. The molecule has 1 aliphatic rings. The van der Waals surface area contributed by atoms with Crippen molar-refractivity contribution in [2.45, 2.75) is 6.42 Å². The van der Waals surface area contributed by atoms with Crippen molar-refractivity contribution in [2.24, 2.45) is 0 Å². The SMILES string of the molecule is O=CC1=CCc2cc(Cl)ccc2N1. The van der Waals surface area contributed by atoms with Gasteiger partial charge < -0.3 is 5.32 Å². The Morgan fingerprint density at radius 1 is 1.46 bits per heavy atom. The van der Waals surface area contributed by atoms with E-state index >= 15 is 0 Å². The molecule has 0 amide bonds. The van der Waals surface area contributed by atoms with E-state index in [-0.39, 0.29) is 0 Å². The van der Waals surface area contributed by atoms with E-state index in [0.717, 1.165) is 29.0 Å². The molecule has 13 heavy (non-hydrogen) atoms. The van der Waals surface area contributed by atoms with Crippen LogP contribution in [0.5, 0.6) is 0 Å². The van der Waals surface area contributed by atoms with Crippen LogP contribution in [0.2, 0.25) is 5.02 Å². The van der Waals surface area contributed by atoms with E-state index in [1.165, 1.54) is 0 Å². The molecule has 1 N–H and O–H groups in total. The number of fused-ring (bicyclic) bond motifs is 1. The molecule has 66 valence electrons. The maximum atomic E-state index is 10.5. The molecule has 0 radical (unpaired) electrons. The number of hydrogen-bond donors (Lipinski definition) is 1. The van der Waals surface area contributed by atoms with Gasteiger partial charge in [-0.05, 0) is 30.2 Å². The molecule has 1 aromatic rings. The van der Waals surface area contributed by atoms with Gasteiger partial charge in [-0.3, -0.25) is 4.79 Å². The van der Waals surface area contributed by atoms with Crippen LogP contribution in [0, 0.1) is 0 Å². The summed E-state index contributed by atoms with van der Waals surface area (Å²) in [6, 6.07) is 5.59. The highest BCUT2D eigenvalue weighted by molar-refractivity contribution is 6.30. The molecule has 0 fully saturated rings. The number of nitrogens with one attached hydrogen (secondary N) is 1. The molecule has 0 aliphatic carbocycles. The van der Waals surface area contributed by atoms with E-state index in [1.807, 2.05) is 18.2 Å². The van der Waals surface area contributed by atoms with Crippen molar-refractivity contribution in [1.29, 1.82) is 0 Å². The van der Waals surface area contributed by atoms with Crippen molar-refractivity contribution in [3.63, 3.8) is 0 Å². The van der Waals surface area contributed by atoms with Gasteiger partial charge in [0, 0.05) is 10.7 Å². The van der Waals surface area contributed by atoms with Crippen LogP contribution in [0.15, 0.2) is 30.0 Å². The Morgan fingerprint density at radius 2 is 2.31 bits per heavy atom. The number of allylic oxidation sites excluding steroid dienone is 2. The topological polar surface area (TPSA) is 29.1 Å². The monoisotopic (exact) mass is 193 g/mol. The highest BCUT2D eigenvalue weighted by Crippen LogP contribution is 2.25. The summed E-state index contributed by atoms with van der Waals surface area (Å²) < 4.78 is 0. The number of carbonyl (C=O) groups is 1. The Morgan fingerprint density at radius 3 is 3.08 bits per heavy atom. The molecule has 0 spiro atoms. The maximum Gasteiger partial charge on any atom is 0.165 e. The summed E-state index contributed by atoms with van der Waals surface area (Å²) in [6.07, 6.45) is 3.43. The zero-order chi connectivity index (χ0) is 9.26. The molecule has 0 aromatic heterocycles. The van der Waals surface area contributed by atoms with Gasteiger partial charge in [0.2, 0.25) is 0 Å². The van der Waals surface area contributed by atoms with Crippen LogP contribution in [0.3, 0.4) is 0 Å². The van der Waals surface area contributed by atoms with Gasteiger partial charge in [-0.1, -0.05) is 17.7 Å². The molecule has 0 saturated carbocycles.